The molecule has 0 amide bonds. The Bertz CT molecular complexity index is 427. The fourth-order valence-electron chi connectivity index (χ4n) is 1.37. The molecule has 0 spiro atoms. The first-order chi connectivity index (χ1) is 7.84. The highest BCUT2D eigenvalue weighted by Gasteiger charge is 1.96. The molecule has 0 fully saturated rings. The molecule has 0 saturated heterocycles. The minimum Gasteiger partial charge on any atom is -0.248 e. The van der Waals surface area contributed by atoms with Crippen LogP contribution < -0.4 is 0 Å². The summed E-state index contributed by atoms with van der Waals surface area (Å²) in [7, 11) is 0. The monoisotopic (exact) mass is 249 g/mol. The number of hydrogen-bond acceptors (Lipinski definition) is 2. The number of hydrogen-bond donors (Lipinski definition) is 0. The molecule has 2 aromatic rings. The summed E-state index contributed by atoms with van der Waals surface area (Å²) >= 11 is 7.52. The van der Waals surface area contributed by atoms with Crippen molar-refractivity contribution in [3.8, 4) is 0 Å². The second-order valence-corrected chi connectivity index (χ2v) is 4.95. The largest absolute Gasteiger partial charge is 0.248 e. The van der Waals surface area contributed by atoms with E-state index in [1.54, 1.807) is 18.0 Å². The van der Waals surface area contributed by atoms with E-state index in [0.29, 0.717) is 5.02 Å². The quantitative estimate of drug-likeness (QED) is 0.758. The summed E-state index contributed by atoms with van der Waals surface area (Å²) < 4.78 is 0. The van der Waals surface area contributed by atoms with Crippen LogP contribution in [0, 0.1) is 0 Å². The van der Waals surface area contributed by atoms with Gasteiger partial charge in [0.15, 0.2) is 0 Å². The van der Waals surface area contributed by atoms with Crippen LogP contribution >= 0.6 is 23.4 Å². The van der Waals surface area contributed by atoms with Crippen molar-refractivity contribution in [2.45, 2.75) is 11.4 Å². The number of aryl methyl sites for hydroxylation is 1. The maximum Gasteiger partial charge on any atom is 0.0961 e. The Morgan fingerprint density at radius 2 is 1.88 bits per heavy atom. The molecule has 16 heavy (non-hydrogen) atoms. The van der Waals surface area contributed by atoms with Gasteiger partial charge in [0.2, 0.25) is 0 Å². The topological polar surface area (TPSA) is 12.9 Å². The van der Waals surface area contributed by atoms with E-state index in [1.165, 1.54) is 5.56 Å². The van der Waals surface area contributed by atoms with Crippen molar-refractivity contribution >= 4 is 23.4 Å². The minimum absolute atomic E-state index is 0.687. The molecule has 1 nitrogen and oxygen atoms in total. The Kier molecular flexibility index (Phi) is 4.25. The lowest BCUT2D eigenvalue weighted by Crippen LogP contribution is -1.88. The summed E-state index contributed by atoms with van der Waals surface area (Å²) in [5, 5.41) is 1.72. The number of benzene rings is 1. The van der Waals surface area contributed by atoms with Crippen molar-refractivity contribution in [1.29, 1.82) is 0 Å². The van der Waals surface area contributed by atoms with Gasteiger partial charge in [0.05, 0.1) is 10.0 Å². The van der Waals surface area contributed by atoms with Gasteiger partial charge in [-0.15, -0.1) is 11.8 Å². The summed E-state index contributed by atoms with van der Waals surface area (Å²) in [6, 6.07) is 14.3. The first-order valence-electron chi connectivity index (χ1n) is 5.13. The smallest absolute Gasteiger partial charge is 0.0961 e. The SMILES string of the molecule is Clc1ccc(SCCc2ccccc2)nc1. The number of halogens is 1. The van der Waals surface area contributed by atoms with Crippen molar-refractivity contribution < 1.29 is 0 Å². The number of rotatable bonds is 4. The first kappa shape index (κ1) is 11.5. The van der Waals surface area contributed by atoms with Crippen LogP contribution in [0.2, 0.25) is 5.02 Å². The second-order valence-electron chi connectivity index (χ2n) is 3.40. The van der Waals surface area contributed by atoms with Gasteiger partial charge in [0, 0.05) is 11.9 Å². The second kappa shape index (κ2) is 5.92. The highest BCUT2D eigenvalue weighted by atomic mass is 35.5. The van der Waals surface area contributed by atoms with E-state index in [2.05, 4.69) is 29.2 Å². The van der Waals surface area contributed by atoms with Crippen LogP contribution in [0.15, 0.2) is 53.7 Å². The van der Waals surface area contributed by atoms with Crippen molar-refractivity contribution in [3.63, 3.8) is 0 Å². The van der Waals surface area contributed by atoms with Gasteiger partial charge in [-0.1, -0.05) is 41.9 Å². The Morgan fingerprint density at radius 3 is 2.56 bits per heavy atom. The summed E-state index contributed by atoms with van der Waals surface area (Å²) in [6.45, 7) is 0. The van der Waals surface area contributed by atoms with Gasteiger partial charge in [0.1, 0.15) is 0 Å². The molecule has 2 rings (SSSR count). The number of thioether (sulfide) groups is 1. The predicted molar refractivity (Wildman–Crippen MR) is 70.1 cm³/mol. The zero-order valence-corrected chi connectivity index (χ0v) is 10.3. The molecule has 0 unspecified atom stereocenters. The van der Waals surface area contributed by atoms with Gasteiger partial charge < -0.3 is 0 Å². The van der Waals surface area contributed by atoms with Gasteiger partial charge in [-0.05, 0) is 24.1 Å². The zero-order chi connectivity index (χ0) is 11.2. The van der Waals surface area contributed by atoms with E-state index >= 15 is 0 Å². The lowest BCUT2D eigenvalue weighted by molar-refractivity contribution is 1.11. The van der Waals surface area contributed by atoms with Gasteiger partial charge in [-0.25, -0.2) is 4.98 Å². The highest BCUT2D eigenvalue weighted by molar-refractivity contribution is 7.99. The Hall–Kier alpha value is -0.990. The normalized spacial score (nSPS) is 10.3. The molecule has 0 aliphatic heterocycles. The number of aromatic nitrogens is 1. The predicted octanol–water partition coefficient (Wildman–Crippen LogP) is 4.07. The molecule has 0 aliphatic carbocycles. The van der Waals surface area contributed by atoms with Crippen LogP contribution in [0.3, 0.4) is 0 Å². The van der Waals surface area contributed by atoms with Crippen LogP contribution in [-0.2, 0) is 6.42 Å². The van der Waals surface area contributed by atoms with Crippen molar-refractivity contribution in [2.24, 2.45) is 0 Å². The van der Waals surface area contributed by atoms with E-state index in [1.807, 2.05) is 18.2 Å². The Morgan fingerprint density at radius 1 is 1.06 bits per heavy atom. The molecule has 0 atom stereocenters. The van der Waals surface area contributed by atoms with Crippen molar-refractivity contribution in [1.82, 2.24) is 4.98 Å². The fraction of sp³-hybridized carbons (Fsp3) is 0.154. The number of nitrogens with zero attached hydrogens (tertiary/aromatic N) is 1. The third kappa shape index (κ3) is 3.54. The van der Waals surface area contributed by atoms with Crippen molar-refractivity contribution in [2.75, 3.05) is 5.75 Å². The van der Waals surface area contributed by atoms with Crippen LogP contribution in [0.5, 0.6) is 0 Å². The molecule has 3 heteroatoms. The lowest BCUT2D eigenvalue weighted by atomic mass is 10.2. The standard InChI is InChI=1S/C13H12ClNS/c14-12-6-7-13(15-10-12)16-9-8-11-4-2-1-3-5-11/h1-7,10H,8-9H2. The molecule has 0 bridgehead atoms. The molecule has 1 heterocycles. The van der Waals surface area contributed by atoms with E-state index in [4.69, 9.17) is 11.6 Å². The molecular weight excluding hydrogens is 238 g/mol. The van der Waals surface area contributed by atoms with Crippen LogP contribution in [0.25, 0.3) is 0 Å². The van der Waals surface area contributed by atoms with Gasteiger partial charge in [0.25, 0.3) is 0 Å². The average molecular weight is 250 g/mol. The lowest BCUT2D eigenvalue weighted by Gasteiger charge is -2.01. The summed E-state index contributed by atoms with van der Waals surface area (Å²) in [5.41, 5.74) is 1.36. The van der Waals surface area contributed by atoms with Crippen molar-refractivity contribution in [3.05, 3.63) is 59.2 Å². The summed E-state index contributed by atoms with van der Waals surface area (Å²) in [5.74, 6) is 1.04. The average Bonchev–Trinajstić information content (AvgIpc) is 2.33. The third-order valence-electron chi connectivity index (χ3n) is 2.18. The van der Waals surface area contributed by atoms with Gasteiger partial charge >= 0.3 is 0 Å². The van der Waals surface area contributed by atoms with E-state index in [-0.39, 0.29) is 0 Å². The number of pyridine rings is 1. The zero-order valence-electron chi connectivity index (χ0n) is 8.77. The van der Waals surface area contributed by atoms with Gasteiger partial charge in [-0.2, -0.15) is 0 Å². The molecule has 82 valence electrons. The van der Waals surface area contributed by atoms with Gasteiger partial charge in [-0.3, -0.25) is 0 Å². The molecule has 1 aromatic heterocycles. The highest BCUT2D eigenvalue weighted by Crippen LogP contribution is 2.18. The molecule has 0 N–H and O–H groups in total. The fourth-order valence-corrected chi connectivity index (χ4v) is 2.32. The molecular formula is C13H12ClNS. The maximum absolute atomic E-state index is 5.77. The summed E-state index contributed by atoms with van der Waals surface area (Å²) in [6.07, 6.45) is 2.75. The molecule has 0 saturated carbocycles. The molecule has 0 aliphatic rings. The van der Waals surface area contributed by atoms with Crippen LogP contribution in [0.1, 0.15) is 5.56 Å². The first-order valence-corrected chi connectivity index (χ1v) is 6.49. The Balaban J connectivity index is 1.82. The third-order valence-corrected chi connectivity index (χ3v) is 3.35. The Labute approximate surface area is 105 Å². The minimum atomic E-state index is 0.687. The van der Waals surface area contributed by atoms with E-state index in [9.17, 15) is 0 Å². The van der Waals surface area contributed by atoms with E-state index in [0.717, 1.165) is 17.2 Å². The summed E-state index contributed by atoms with van der Waals surface area (Å²) in [4.78, 5) is 4.24. The van der Waals surface area contributed by atoms with Crippen LogP contribution in [-0.4, -0.2) is 10.7 Å². The maximum atomic E-state index is 5.77. The van der Waals surface area contributed by atoms with E-state index < -0.39 is 0 Å². The molecule has 1 aromatic carbocycles. The van der Waals surface area contributed by atoms with Crippen LogP contribution in [0.4, 0.5) is 0 Å². The molecule has 0 radical (unpaired) electrons.